The average molecular weight is 330 g/mol. The summed E-state index contributed by atoms with van der Waals surface area (Å²) in [5.41, 5.74) is 0.491. The van der Waals surface area contributed by atoms with E-state index in [9.17, 15) is 4.79 Å². The van der Waals surface area contributed by atoms with Crippen LogP contribution in [-0.4, -0.2) is 38.7 Å². The molecule has 0 aliphatic heterocycles. The standard InChI is InChI=1S/C19H39O2P/c1-18(2)19(20)21-16-14-12-10-8-6-7-9-11-13-15-17-22(3,4)5/h22H,1,6-17H2,2-5H3. The summed E-state index contributed by atoms with van der Waals surface area (Å²) in [4.78, 5) is 11.2. The molecule has 0 bridgehead atoms. The van der Waals surface area contributed by atoms with Gasteiger partial charge < -0.3 is 4.74 Å². The molecule has 0 aromatic carbocycles. The van der Waals surface area contributed by atoms with E-state index in [1.54, 1.807) is 6.92 Å². The molecule has 0 N–H and O–H groups in total. The Labute approximate surface area is 139 Å². The Balaban J connectivity index is 3.15. The Morgan fingerprint density at radius 3 is 1.64 bits per heavy atom. The van der Waals surface area contributed by atoms with Crippen molar-refractivity contribution in [3.05, 3.63) is 12.2 Å². The van der Waals surface area contributed by atoms with Gasteiger partial charge in [-0.3, -0.25) is 0 Å². The normalized spacial score (nSPS) is 12.2. The van der Waals surface area contributed by atoms with Crippen molar-refractivity contribution in [2.45, 2.75) is 71.1 Å². The second kappa shape index (κ2) is 13.1. The number of carbonyl (C=O) groups is 1. The molecule has 0 atom stereocenters. The van der Waals surface area contributed by atoms with Crippen molar-refractivity contribution in [2.24, 2.45) is 0 Å². The van der Waals surface area contributed by atoms with E-state index in [-0.39, 0.29) is 5.97 Å². The SMILES string of the molecule is C=C(C)C(=O)OCCCCCCCCCCCC[PH](C)(C)C. The molecule has 0 aromatic heterocycles. The van der Waals surface area contributed by atoms with E-state index >= 15 is 0 Å². The van der Waals surface area contributed by atoms with Crippen molar-refractivity contribution in [3.63, 3.8) is 0 Å². The molecular formula is C19H39O2P. The van der Waals surface area contributed by atoms with Crippen molar-refractivity contribution in [1.29, 1.82) is 0 Å². The predicted molar refractivity (Wildman–Crippen MR) is 103 cm³/mol. The molecule has 0 aliphatic carbocycles. The van der Waals surface area contributed by atoms with Gasteiger partial charge >= 0.3 is 110 Å². The van der Waals surface area contributed by atoms with Gasteiger partial charge in [-0.15, -0.1) is 0 Å². The van der Waals surface area contributed by atoms with Gasteiger partial charge in [-0.05, 0) is 6.92 Å². The van der Waals surface area contributed by atoms with Gasteiger partial charge in [0.25, 0.3) is 0 Å². The van der Waals surface area contributed by atoms with E-state index in [1.807, 2.05) is 0 Å². The molecule has 0 amide bonds. The molecule has 0 rings (SSSR count). The Kier molecular flexibility index (Phi) is 12.9. The van der Waals surface area contributed by atoms with Crippen LogP contribution < -0.4 is 0 Å². The van der Waals surface area contributed by atoms with Crippen molar-refractivity contribution < 1.29 is 9.53 Å². The zero-order chi connectivity index (χ0) is 16.8. The Bertz CT molecular complexity index is 305. The van der Waals surface area contributed by atoms with Crippen LogP contribution in [0.25, 0.3) is 0 Å². The number of hydrogen-bond acceptors (Lipinski definition) is 2. The van der Waals surface area contributed by atoms with Crippen molar-refractivity contribution in [2.75, 3.05) is 32.8 Å². The van der Waals surface area contributed by atoms with Crippen LogP contribution in [0.15, 0.2) is 12.2 Å². The monoisotopic (exact) mass is 330 g/mol. The van der Waals surface area contributed by atoms with E-state index in [0.717, 1.165) is 6.42 Å². The predicted octanol–water partition coefficient (Wildman–Crippen LogP) is 5.65. The number of ether oxygens (including phenoxy) is 1. The van der Waals surface area contributed by atoms with Crippen LogP contribution in [0.1, 0.15) is 71.1 Å². The van der Waals surface area contributed by atoms with E-state index in [1.165, 1.54) is 63.9 Å². The fraction of sp³-hybridized carbons (Fsp3) is 0.842. The summed E-state index contributed by atoms with van der Waals surface area (Å²) in [5.74, 6) is -0.255. The molecule has 0 spiro atoms. The van der Waals surface area contributed by atoms with Gasteiger partial charge in [0.1, 0.15) is 0 Å². The molecule has 0 saturated heterocycles. The first-order valence-electron chi connectivity index (χ1n) is 9.15. The Hall–Kier alpha value is -0.360. The Morgan fingerprint density at radius 2 is 1.23 bits per heavy atom. The number of esters is 1. The molecule has 0 aliphatic rings. The molecule has 0 fully saturated rings. The van der Waals surface area contributed by atoms with Gasteiger partial charge in [-0.2, -0.15) is 0 Å². The summed E-state index contributed by atoms with van der Waals surface area (Å²) in [7, 11) is -0.804. The number of carbonyl (C=O) groups excluding carboxylic acids is 1. The van der Waals surface area contributed by atoms with Crippen LogP contribution in [-0.2, 0) is 9.53 Å². The summed E-state index contributed by atoms with van der Waals surface area (Å²) in [5, 5.41) is 0. The first kappa shape index (κ1) is 21.6. The second-order valence-corrected chi connectivity index (χ2v) is 13.4. The van der Waals surface area contributed by atoms with Crippen LogP contribution in [0.3, 0.4) is 0 Å². The van der Waals surface area contributed by atoms with Crippen molar-refractivity contribution >= 4 is 13.2 Å². The fourth-order valence-electron chi connectivity index (χ4n) is 2.46. The molecule has 0 aromatic rings. The third-order valence-corrected chi connectivity index (χ3v) is 5.76. The number of unbranched alkanes of at least 4 members (excludes halogenated alkanes) is 9. The summed E-state index contributed by atoms with van der Waals surface area (Å²) in [6.07, 6.45) is 14.7. The quantitative estimate of drug-likeness (QED) is 0.178. The third kappa shape index (κ3) is 16.0. The maximum atomic E-state index is 11.2. The average Bonchev–Trinajstić information content (AvgIpc) is 2.42. The van der Waals surface area contributed by atoms with Crippen LogP contribution in [0.4, 0.5) is 0 Å². The topological polar surface area (TPSA) is 26.3 Å². The van der Waals surface area contributed by atoms with Gasteiger partial charge in [0.2, 0.25) is 0 Å². The van der Waals surface area contributed by atoms with Gasteiger partial charge in [-0.25, -0.2) is 4.79 Å². The van der Waals surface area contributed by atoms with E-state index in [4.69, 9.17) is 4.74 Å². The van der Waals surface area contributed by atoms with Crippen molar-refractivity contribution in [1.82, 2.24) is 0 Å². The van der Waals surface area contributed by atoms with Crippen LogP contribution in [0.2, 0.25) is 0 Å². The van der Waals surface area contributed by atoms with Gasteiger partial charge in [0.15, 0.2) is 0 Å². The third-order valence-electron chi connectivity index (χ3n) is 3.90. The fourth-order valence-corrected chi connectivity index (χ4v) is 3.77. The molecule has 2 nitrogen and oxygen atoms in total. The molecule has 22 heavy (non-hydrogen) atoms. The summed E-state index contributed by atoms with van der Waals surface area (Å²) in [6, 6.07) is 0. The van der Waals surface area contributed by atoms with Gasteiger partial charge in [0.05, 0.1) is 0 Å². The minimum absolute atomic E-state index is 0.255. The van der Waals surface area contributed by atoms with E-state index in [0.29, 0.717) is 12.2 Å². The van der Waals surface area contributed by atoms with E-state index in [2.05, 4.69) is 26.6 Å². The summed E-state index contributed by atoms with van der Waals surface area (Å²) in [6.45, 7) is 13.2. The van der Waals surface area contributed by atoms with Gasteiger partial charge in [0, 0.05) is 5.57 Å². The van der Waals surface area contributed by atoms with E-state index < -0.39 is 7.26 Å². The molecule has 0 heterocycles. The molecule has 0 unspecified atom stereocenters. The first-order chi connectivity index (χ1) is 10.3. The molecule has 0 saturated carbocycles. The van der Waals surface area contributed by atoms with Gasteiger partial charge in [-0.1, -0.05) is 6.58 Å². The van der Waals surface area contributed by atoms with Crippen molar-refractivity contribution in [3.8, 4) is 0 Å². The maximum absolute atomic E-state index is 11.2. The summed E-state index contributed by atoms with van der Waals surface area (Å²) >= 11 is 0. The van der Waals surface area contributed by atoms with Crippen LogP contribution in [0, 0.1) is 0 Å². The zero-order valence-corrected chi connectivity index (χ0v) is 16.5. The number of hydrogen-bond donors (Lipinski definition) is 0. The molecule has 132 valence electrons. The molecule has 0 radical (unpaired) electrons. The molecular weight excluding hydrogens is 291 g/mol. The molecule has 3 heteroatoms. The number of rotatable bonds is 14. The second-order valence-electron chi connectivity index (χ2n) is 7.76. The zero-order valence-electron chi connectivity index (χ0n) is 15.5. The summed E-state index contributed by atoms with van der Waals surface area (Å²) < 4.78 is 5.07. The first-order valence-corrected chi connectivity index (χ1v) is 12.9. The minimum atomic E-state index is -0.804. The Morgan fingerprint density at radius 1 is 0.818 bits per heavy atom. The van der Waals surface area contributed by atoms with Crippen LogP contribution in [0.5, 0.6) is 0 Å². The van der Waals surface area contributed by atoms with Crippen LogP contribution >= 0.6 is 7.26 Å².